The lowest BCUT2D eigenvalue weighted by Crippen LogP contribution is -2.31. The summed E-state index contributed by atoms with van der Waals surface area (Å²) in [4.78, 5) is 18.6. The van der Waals surface area contributed by atoms with Crippen LogP contribution in [0.1, 0.15) is 21.5 Å². The van der Waals surface area contributed by atoms with Gasteiger partial charge in [-0.2, -0.15) is 0 Å². The highest BCUT2D eigenvalue weighted by Gasteiger charge is 2.20. The third-order valence-corrected chi connectivity index (χ3v) is 4.59. The van der Waals surface area contributed by atoms with Crippen LogP contribution in [0.2, 0.25) is 0 Å². The van der Waals surface area contributed by atoms with Gasteiger partial charge in [0.2, 0.25) is 0 Å². The highest BCUT2D eigenvalue weighted by Crippen LogP contribution is 2.29. The molecule has 4 rings (SSSR count). The van der Waals surface area contributed by atoms with Crippen LogP contribution in [0.4, 0.5) is 5.82 Å². The zero-order valence-electron chi connectivity index (χ0n) is 13.5. The average molecular weight is 318 g/mol. The molecule has 3 aromatic rings. The summed E-state index contributed by atoms with van der Waals surface area (Å²) in [5, 5.41) is 0.914. The molecule has 0 spiro atoms. The summed E-state index contributed by atoms with van der Waals surface area (Å²) >= 11 is 0. The minimum atomic E-state index is 0.620. The molecular weight excluding hydrogens is 300 g/mol. The van der Waals surface area contributed by atoms with Crippen LogP contribution in [0, 0.1) is 0 Å². The van der Waals surface area contributed by atoms with Crippen molar-refractivity contribution in [2.24, 2.45) is 0 Å². The number of methoxy groups -OCH3 is 1. The van der Waals surface area contributed by atoms with Crippen LogP contribution in [-0.4, -0.2) is 24.9 Å². The summed E-state index contributed by atoms with van der Waals surface area (Å²) in [5.41, 5.74) is 4.18. The molecule has 4 heteroatoms. The number of hydrogen-bond donors (Lipinski definition) is 0. The number of pyridine rings is 1. The second-order valence-corrected chi connectivity index (χ2v) is 6.02. The zero-order valence-corrected chi connectivity index (χ0v) is 13.5. The first-order valence-electron chi connectivity index (χ1n) is 8.04. The number of carbonyl (C=O) groups excluding carboxylic acids is 1. The summed E-state index contributed by atoms with van der Waals surface area (Å²) in [5.74, 6) is 1.53. The van der Waals surface area contributed by atoms with Gasteiger partial charge in [0.1, 0.15) is 11.6 Å². The van der Waals surface area contributed by atoms with Gasteiger partial charge in [0, 0.05) is 18.5 Å². The number of benzene rings is 2. The van der Waals surface area contributed by atoms with Crippen molar-refractivity contribution >= 4 is 23.0 Å². The Bertz CT molecular complexity index is 921. The van der Waals surface area contributed by atoms with Gasteiger partial charge in [0.25, 0.3) is 0 Å². The third kappa shape index (κ3) is 2.50. The van der Waals surface area contributed by atoms with E-state index in [0.29, 0.717) is 5.56 Å². The summed E-state index contributed by atoms with van der Waals surface area (Å²) in [6.07, 6.45) is 1.86. The molecule has 0 unspecified atom stereocenters. The van der Waals surface area contributed by atoms with Gasteiger partial charge in [0.05, 0.1) is 18.2 Å². The second kappa shape index (κ2) is 5.96. The van der Waals surface area contributed by atoms with E-state index in [9.17, 15) is 4.79 Å². The monoisotopic (exact) mass is 318 g/mol. The lowest BCUT2D eigenvalue weighted by atomic mass is 9.99. The van der Waals surface area contributed by atoms with E-state index >= 15 is 0 Å². The first-order valence-corrected chi connectivity index (χ1v) is 8.04. The largest absolute Gasteiger partial charge is 0.497 e. The van der Waals surface area contributed by atoms with Crippen molar-refractivity contribution < 1.29 is 9.53 Å². The number of hydrogen-bond acceptors (Lipinski definition) is 4. The Labute approximate surface area is 140 Å². The number of carbonyl (C=O) groups is 1. The van der Waals surface area contributed by atoms with E-state index in [4.69, 9.17) is 9.72 Å². The average Bonchev–Trinajstić information content (AvgIpc) is 2.66. The van der Waals surface area contributed by atoms with Gasteiger partial charge in [-0.1, -0.05) is 24.3 Å². The van der Waals surface area contributed by atoms with Crippen molar-refractivity contribution in [3.63, 3.8) is 0 Å². The summed E-state index contributed by atoms with van der Waals surface area (Å²) in [7, 11) is 1.63. The molecular formula is C20H18N2O2. The smallest absolute Gasteiger partial charge is 0.153 e. The molecule has 0 saturated heterocycles. The minimum absolute atomic E-state index is 0.620. The number of aromatic nitrogens is 1. The van der Waals surface area contributed by atoms with Gasteiger partial charge in [0.15, 0.2) is 6.29 Å². The highest BCUT2D eigenvalue weighted by atomic mass is 16.5. The van der Waals surface area contributed by atoms with Crippen LogP contribution in [0.25, 0.3) is 10.9 Å². The molecule has 4 nitrogen and oxygen atoms in total. The number of aldehydes is 1. The van der Waals surface area contributed by atoms with Crippen LogP contribution in [0.15, 0.2) is 48.5 Å². The van der Waals surface area contributed by atoms with E-state index in [1.807, 2.05) is 24.3 Å². The van der Waals surface area contributed by atoms with Gasteiger partial charge >= 0.3 is 0 Å². The predicted octanol–water partition coefficient (Wildman–Crippen LogP) is 3.62. The first-order chi connectivity index (χ1) is 11.8. The summed E-state index contributed by atoms with van der Waals surface area (Å²) < 4.78 is 5.25. The molecule has 0 saturated carbocycles. The molecule has 24 heavy (non-hydrogen) atoms. The molecule has 0 aliphatic carbocycles. The van der Waals surface area contributed by atoms with Crippen LogP contribution >= 0.6 is 0 Å². The van der Waals surface area contributed by atoms with Gasteiger partial charge in [-0.05, 0) is 41.8 Å². The normalized spacial score (nSPS) is 13.6. The number of ether oxygens (including phenoxy) is 1. The Morgan fingerprint density at radius 2 is 1.96 bits per heavy atom. The highest BCUT2D eigenvalue weighted by molar-refractivity contribution is 5.92. The molecule has 2 aromatic carbocycles. The molecule has 0 bridgehead atoms. The van der Waals surface area contributed by atoms with Gasteiger partial charge in [-0.3, -0.25) is 4.79 Å². The third-order valence-electron chi connectivity index (χ3n) is 4.59. The van der Waals surface area contributed by atoms with Crippen molar-refractivity contribution in [2.45, 2.75) is 13.0 Å². The zero-order chi connectivity index (χ0) is 16.5. The van der Waals surface area contributed by atoms with Crippen molar-refractivity contribution in [1.82, 2.24) is 4.98 Å². The number of rotatable bonds is 3. The topological polar surface area (TPSA) is 42.4 Å². The van der Waals surface area contributed by atoms with Crippen molar-refractivity contribution in [1.29, 1.82) is 0 Å². The minimum Gasteiger partial charge on any atom is -0.497 e. The second-order valence-electron chi connectivity index (χ2n) is 6.02. The SMILES string of the molecule is COc1ccc2nc(N3CCc4ccccc4C3)c(C=O)cc2c1. The fourth-order valence-corrected chi connectivity index (χ4v) is 3.30. The van der Waals surface area contributed by atoms with Gasteiger partial charge in [-0.15, -0.1) is 0 Å². The van der Waals surface area contributed by atoms with Crippen LogP contribution in [0.3, 0.4) is 0 Å². The Hall–Kier alpha value is -2.88. The van der Waals surface area contributed by atoms with E-state index in [-0.39, 0.29) is 0 Å². The van der Waals surface area contributed by atoms with Gasteiger partial charge in [-0.25, -0.2) is 4.98 Å². The molecule has 0 atom stereocenters. The Balaban J connectivity index is 1.77. The first kappa shape index (κ1) is 14.7. The molecule has 0 fully saturated rings. The molecule has 2 heterocycles. The van der Waals surface area contributed by atoms with Crippen molar-refractivity contribution in [3.05, 3.63) is 65.2 Å². The van der Waals surface area contributed by atoms with Crippen LogP contribution in [0.5, 0.6) is 5.75 Å². The predicted molar refractivity (Wildman–Crippen MR) is 94.9 cm³/mol. The number of fused-ring (bicyclic) bond motifs is 2. The Morgan fingerprint density at radius 1 is 1.12 bits per heavy atom. The van der Waals surface area contributed by atoms with E-state index in [1.54, 1.807) is 7.11 Å². The maximum Gasteiger partial charge on any atom is 0.153 e. The van der Waals surface area contributed by atoms with E-state index in [2.05, 4.69) is 29.2 Å². The maximum atomic E-state index is 11.6. The van der Waals surface area contributed by atoms with E-state index < -0.39 is 0 Å². The summed E-state index contributed by atoms with van der Waals surface area (Å²) in [6, 6.07) is 16.1. The van der Waals surface area contributed by atoms with Crippen molar-refractivity contribution in [2.75, 3.05) is 18.6 Å². The quantitative estimate of drug-likeness (QED) is 0.692. The molecule has 1 aliphatic rings. The van der Waals surface area contributed by atoms with Crippen LogP contribution in [-0.2, 0) is 13.0 Å². The standard InChI is InChI=1S/C20H18N2O2/c1-24-18-6-7-19-16(11-18)10-17(13-23)20(21-19)22-9-8-14-4-2-3-5-15(14)12-22/h2-7,10-11,13H,8-9,12H2,1H3. The lowest BCUT2D eigenvalue weighted by molar-refractivity contribution is 0.112. The number of nitrogens with zero attached hydrogens (tertiary/aromatic N) is 2. The van der Waals surface area contributed by atoms with Gasteiger partial charge < -0.3 is 9.64 Å². The lowest BCUT2D eigenvalue weighted by Gasteiger charge is -2.30. The van der Waals surface area contributed by atoms with E-state index in [1.165, 1.54) is 11.1 Å². The molecule has 0 amide bonds. The molecule has 1 aliphatic heterocycles. The van der Waals surface area contributed by atoms with E-state index in [0.717, 1.165) is 48.3 Å². The fraction of sp³-hybridized carbons (Fsp3) is 0.200. The molecule has 0 N–H and O–H groups in total. The van der Waals surface area contributed by atoms with Crippen molar-refractivity contribution in [3.8, 4) is 5.75 Å². The fourth-order valence-electron chi connectivity index (χ4n) is 3.30. The summed E-state index contributed by atoms with van der Waals surface area (Å²) in [6.45, 7) is 1.65. The maximum absolute atomic E-state index is 11.6. The molecule has 1 aromatic heterocycles. The number of anilines is 1. The Kier molecular flexibility index (Phi) is 3.65. The molecule has 0 radical (unpaired) electrons. The van der Waals surface area contributed by atoms with Crippen LogP contribution < -0.4 is 9.64 Å². The molecule has 120 valence electrons. The Morgan fingerprint density at radius 3 is 2.75 bits per heavy atom.